The highest BCUT2D eigenvalue weighted by Crippen LogP contribution is 2.27. The smallest absolute Gasteiger partial charge is 0.146 e. The van der Waals surface area contributed by atoms with Crippen LogP contribution in [-0.2, 0) is 13.2 Å². The third-order valence-corrected chi connectivity index (χ3v) is 3.40. The van der Waals surface area contributed by atoms with Crippen LogP contribution in [-0.4, -0.2) is 6.04 Å². The fourth-order valence-electron chi connectivity index (χ4n) is 2.17. The Morgan fingerprint density at radius 1 is 1.14 bits per heavy atom. The Bertz CT molecular complexity index is 582. The maximum atomic E-state index is 6.02. The van der Waals surface area contributed by atoms with Gasteiger partial charge in [0.2, 0.25) is 0 Å². The molecule has 1 aromatic carbocycles. The summed E-state index contributed by atoms with van der Waals surface area (Å²) in [5.41, 5.74) is 2.07. The molecule has 0 aliphatic rings. The molecule has 0 amide bonds. The minimum absolute atomic E-state index is 0.422. The van der Waals surface area contributed by atoms with Crippen LogP contribution in [0.2, 0.25) is 5.02 Å². The van der Waals surface area contributed by atoms with Gasteiger partial charge in [-0.1, -0.05) is 25.4 Å². The predicted molar refractivity (Wildman–Crippen MR) is 85.9 cm³/mol. The van der Waals surface area contributed by atoms with E-state index in [1.807, 2.05) is 38.1 Å². The molecule has 2 rings (SSSR count). The average molecular weight is 308 g/mol. The van der Waals surface area contributed by atoms with E-state index in [1.165, 1.54) is 0 Å². The highest BCUT2D eigenvalue weighted by molar-refractivity contribution is 6.30. The Hall–Kier alpha value is -1.45. The van der Waals surface area contributed by atoms with Crippen LogP contribution in [0.25, 0.3) is 0 Å². The van der Waals surface area contributed by atoms with Crippen molar-refractivity contribution in [2.75, 3.05) is 0 Å². The summed E-state index contributed by atoms with van der Waals surface area (Å²) in [6.45, 7) is 9.36. The van der Waals surface area contributed by atoms with Gasteiger partial charge in [0.15, 0.2) is 0 Å². The lowest BCUT2D eigenvalue weighted by atomic mass is 10.1. The maximum absolute atomic E-state index is 6.02. The first kappa shape index (κ1) is 15.9. The predicted octanol–water partition coefficient (Wildman–Crippen LogP) is 4.63. The molecule has 4 heteroatoms. The lowest BCUT2D eigenvalue weighted by molar-refractivity contribution is 0.261. The van der Waals surface area contributed by atoms with Gasteiger partial charge in [-0.15, -0.1) is 0 Å². The molecule has 0 aliphatic carbocycles. The zero-order valence-corrected chi connectivity index (χ0v) is 13.8. The Kier molecular flexibility index (Phi) is 5.32. The van der Waals surface area contributed by atoms with Gasteiger partial charge in [0.05, 0.1) is 6.54 Å². The first-order chi connectivity index (χ1) is 9.95. The third kappa shape index (κ3) is 4.51. The van der Waals surface area contributed by atoms with Crippen molar-refractivity contribution in [2.45, 2.75) is 46.9 Å². The number of nitrogens with one attached hydrogen (secondary N) is 1. The Morgan fingerprint density at radius 2 is 1.76 bits per heavy atom. The van der Waals surface area contributed by atoms with Crippen molar-refractivity contribution in [3.63, 3.8) is 0 Å². The molecule has 0 radical (unpaired) electrons. The van der Waals surface area contributed by atoms with Crippen molar-refractivity contribution in [1.29, 1.82) is 0 Å². The molecule has 0 fully saturated rings. The fraction of sp³-hybridized carbons (Fsp3) is 0.412. The average Bonchev–Trinajstić information content (AvgIpc) is 2.83. The van der Waals surface area contributed by atoms with Crippen LogP contribution in [0.1, 0.15) is 36.5 Å². The van der Waals surface area contributed by atoms with Crippen LogP contribution in [0.5, 0.6) is 5.75 Å². The molecule has 0 bridgehead atoms. The molecule has 0 unspecified atom stereocenters. The Morgan fingerprint density at radius 3 is 2.38 bits per heavy atom. The molecule has 0 spiro atoms. The molecule has 3 nitrogen and oxygen atoms in total. The molecule has 1 N–H and O–H groups in total. The number of ether oxygens (including phenoxy) is 1. The highest BCUT2D eigenvalue weighted by Gasteiger charge is 2.08. The monoisotopic (exact) mass is 307 g/mol. The van der Waals surface area contributed by atoms with E-state index in [-0.39, 0.29) is 0 Å². The fourth-order valence-corrected chi connectivity index (χ4v) is 2.50. The van der Waals surface area contributed by atoms with Crippen LogP contribution in [0.4, 0.5) is 0 Å². The van der Waals surface area contributed by atoms with E-state index >= 15 is 0 Å². The van der Waals surface area contributed by atoms with Crippen molar-refractivity contribution in [3.8, 4) is 5.75 Å². The standard InChI is InChI=1S/C17H22ClNO2/c1-11(2)19-9-15-5-6-16(21-15)10-20-17-12(3)7-14(18)8-13(17)4/h5-8,11,19H,9-10H2,1-4H3. The Balaban J connectivity index is 1.97. The quantitative estimate of drug-likeness (QED) is 0.845. The maximum Gasteiger partial charge on any atom is 0.146 e. The van der Waals surface area contributed by atoms with Crippen molar-refractivity contribution < 1.29 is 9.15 Å². The number of hydrogen-bond acceptors (Lipinski definition) is 3. The summed E-state index contributed by atoms with van der Waals surface area (Å²) in [6, 6.07) is 8.19. The molecule has 1 heterocycles. The van der Waals surface area contributed by atoms with Crippen LogP contribution in [0.3, 0.4) is 0 Å². The van der Waals surface area contributed by atoms with Gasteiger partial charge in [0, 0.05) is 11.1 Å². The molecule has 0 saturated carbocycles. The summed E-state index contributed by atoms with van der Waals surface area (Å²) < 4.78 is 11.6. The van der Waals surface area contributed by atoms with Gasteiger partial charge in [0.1, 0.15) is 23.9 Å². The zero-order chi connectivity index (χ0) is 15.4. The molecule has 21 heavy (non-hydrogen) atoms. The first-order valence-electron chi connectivity index (χ1n) is 7.16. The number of hydrogen-bond donors (Lipinski definition) is 1. The molecule has 2 aromatic rings. The van der Waals surface area contributed by atoms with Crippen LogP contribution in [0.15, 0.2) is 28.7 Å². The van der Waals surface area contributed by atoms with Crippen molar-refractivity contribution in [1.82, 2.24) is 5.32 Å². The van der Waals surface area contributed by atoms with Crippen LogP contribution >= 0.6 is 11.6 Å². The molecule has 0 aliphatic heterocycles. The topological polar surface area (TPSA) is 34.4 Å². The minimum Gasteiger partial charge on any atom is -0.485 e. The molecular weight excluding hydrogens is 286 g/mol. The normalized spacial score (nSPS) is 11.1. The largest absolute Gasteiger partial charge is 0.485 e. The lowest BCUT2D eigenvalue weighted by Gasteiger charge is -2.11. The van der Waals surface area contributed by atoms with E-state index in [2.05, 4.69) is 19.2 Å². The summed E-state index contributed by atoms with van der Waals surface area (Å²) in [5.74, 6) is 2.62. The van der Waals surface area contributed by atoms with E-state index in [4.69, 9.17) is 20.8 Å². The second-order valence-electron chi connectivity index (χ2n) is 5.56. The van der Waals surface area contributed by atoms with Crippen LogP contribution < -0.4 is 10.1 Å². The minimum atomic E-state index is 0.422. The van der Waals surface area contributed by atoms with E-state index in [9.17, 15) is 0 Å². The van der Waals surface area contributed by atoms with E-state index in [1.54, 1.807) is 0 Å². The molecule has 1 aromatic heterocycles. The number of furan rings is 1. The summed E-state index contributed by atoms with van der Waals surface area (Å²) in [6.07, 6.45) is 0. The van der Waals surface area contributed by atoms with Gasteiger partial charge in [0.25, 0.3) is 0 Å². The molecule has 114 valence electrons. The Labute approximate surface area is 131 Å². The van der Waals surface area contributed by atoms with Gasteiger partial charge in [-0.25, -0.2) is 0 Å². The number of aryl methyl sites for hydroxylation is 2. The van der Waals surface area contributed by atoms with Crippen molar-refractivity contribution >= 4 is 11.6 Å². The van der Waals surface area contributed by atoms with Gasteiger partial charge >= 0.3 is 0 Å². The summed E-state index contributed by atoms with van der Waals surface area (Å²) in [7, 11) is 0. The summed E-state index contributed by atoms with van der Waals surface area (Å²) in [4.78, 5) is 0. The van der Waals surface area contributed by atoms with Crippen LogP contribution in [0, 0.1) is 13.8 Å². The van der Waals surface area contributed by atoms with E-state index < -0.39 is 0 Å². The van der Waals surface area contributed by atoms with Gasteiger partial charge in [-0.3, -0.25) is 0 Å². The first-order valence-corrected chi connectivity index (χ1v) is 7.54. The second-order valence-corrected chi connectivity index (χ2v) is 6.00. The van der Waals surface area contributed by atoms with E-state index in [0.29, 0.717) is 12.6 Å². The van der Waals surface area contributed by atoms with Gasteiger partial charge in [-0.05, 0) is 49.2 Å². The van der Waals surface area contributed by atoms with E-state index in [0.717, 1.165) is 40.0 Å². The second kappa shape index (κ2) is 7.01. The lowest BCUT2D eigenvalue weighted by Crippen LogP contribution is -2.21. The number of benzene rings is 1. The van der Waals surface area contributed by atoms with Gasteiger partial charge in [-0.2, -0.15) is 0 Å². The molecule has 0 saturated heterocycles. The molecular formula is C17H22ClNO2. The third-order valence-electron chi connectivity index (χ3n) is 3.19. The molecule has 0 atom stereocenters. The van der Waals surface area contributed by atoms with Gasteiger partial charge < -0.3 is 14.5 Å². The van der Waals surface area contributed by atoms with Crippen molar-refractivity contribution in [3.05, 3.63) is 51.9 Å². The zero-order valence-electron chi connectivity index (χ0n) is 13.0. The summed E-state index contributed by atoms with van der Waals surface area (Å²) >= 11 is 6.02. The number of rotatable bonds is 6. The highest BCUT2D eigenvalue weighted by atomic mass is 35.5. The van der Waals surface area contributed by atoms with Crippen molar-refractivity contribution in [2.24, 2.45) is 0 Å². The SMILES string of the molecule is Cc1cc(Cl)cc(C)c1OCc1ccc(CNC(C)C)o1. The summed E-state index contributed by atoms with van der Waals surface area (Å²) in [5, 5.41) is 4.06. The number of halogens is 1.